The molecule has 0 aromatic heterocycles. The predicted molar refractivity (Wildman–Crippen MR) is 48.0 cm³/mol. The van der Waals surface area contributed by atoms with Gasteiger partial charge in [-0.15, -0.1) is 0 Å². The summed E-state index contributed by atoms with van der Waals surface area (Å²) in [6, 6.07) is 0.366. The van der Waals surface area contributed by atoms with E-state index in [1.807, 2.05) is 0 Å². The first-order valence-corrected chi connectivity index (χ1v) is 4.13. The van der Waals surface area contributed by atoms with Crippen molar-refractivity contribution >= 4 is 11.9 Å². The number of hydrogen-bond donors (Lipinski definition) is 4. The average Bonchev–Trinajstić information content (AvgIpc) is 2.00. The molecule has 4 N–H and O–H groups in total. The van der Waals surface area contributed by atoms with Gasteiger partial charge in [-0.3, -0.25) is 0 Å². The molecule has 0 saturated carbocycles. The normalized spacial score (nSPS) is 22.6. The van der Waals surface area contributed by atoms with E-state index in [1.165, 1.54) is 0 Å². The molecule has 82 valence electrons. The minimum atomic E-state index is -1.82. The second kappa shape index (κ2) is 4.92. The molecule has 1 saturated heterocycles. The van der Waals surface area contributed by atoms with Gasteiger partial charge < -0.3 is 20.6 Å². The van der Waals surface area contributed by atoms with Gasteiger partial charge in [0, 0.05) is 11.6 Å². The summed E-state index contributed by atoms with van der Waals surface area (Å²) in [5.74, 6) is -3.65. The topological polar surface area (TPSA) is 107 Å². The molecule has 1 aliphatic rings. The number of carbonyl (C=O) groups is 2. The Balaban J connectivity index is 0.000000255. The van der Waals surface area contributed by atoms with E-state index < -0.39 is 11.9 Å². The van der Waals surface area contributed by atoms with Crippen molar-refractivity contribution in [2.24, 2.45) is 0 Å². The van der Waals surface area contributed by atoms with Gasteiger partial charge in [0.2, 0.25) is 0 Å². The van der Waals surface area contributed by atoms with Crippen molar-refractivity contribution < 1.29 is 24.9 Å². The first-order chi connectivity index (χ1) is 6.28. The smallest absolute Gasteiger partial charge is 0.414 e. The molecule has 1 aliphatic heterocycles. The Bertz CT molecular complexity index is 206. The van der Waals surface area contributed by atoms with Crippen LogP contribution in [0.15, 0.2) is 0 Å². The summed E-state index contributed by atoms with van der Waals surface area (Å²) in [7, 11) is 0. The monoisotopic (exact) mass is 205 g/mol. The van der Waals surface area contributed by atoms with Gasteiger partial charge in [0.05, 0.1) is 6.61 Å². The van der Waals surface area contributed by atoms with Crippen molar-refractivity contribution in [3.8, 4) is 0 Å². The van der Waals surface area contributed by atoms with Crippen LogP contribution in [0.3, 0.4) is 0 Å². The average molecular weight is 205 g/mol. The predicted octanol–water partition coefficient (Wildman–Crippen LogP) is -0.725. The Hall–Kier alpha value is -1.14. The molecule has 6 heteroatoms. The maximum absolute atomic E-state index is 9.10. The zero-order chi connectivity index (χ0) is 11.4. The zero-order valence-electron chi connectivity index (χ0n) is 8.15. The number of aliphatic hydroxyl groups excluding tert-OH is 1. The Morgan fingerprint density at radius 3 is 1.79 bits per heavy atom. The third kappa shape index (κ3) is 4.78. The third-order valence-electron chi connectivity index (χ3n) is 1.75. The lowest BCUT2D eigenvalue weighted by atomic mass is 9.86. The van der Waals surface area contributed by atoms with Crippen molar-refractivity contribution in [1.29, 1.82) is 0 Å². The summed E-state index contributed by atoms with van der Waals surface area (Å²) in [6.07, 6.45) is 1.10. The molecule has 0 radical (unpaired) electrons. The van der Waals surface area contributed by atoms with Gasteiger partial charge in [-0.2, -0.15) is 0 Å². The Labute approximate surface area is 81.5 Å². The highest BCUT2D eigenvalue weighted by Crippen LogP contribution is 2.22. The van der Waals surface area contributed by atoms with E-state index in [9.17, 15) is 0 Å². The van der Waals surface area contributed by atoms with Crippen LogP contribution in [0.2, 0.25) is 0 Å². The molecule has 0 spiro atoms. The number of carboxylic acid groups (broad SMARTS) is 2. The van der Waals surface area contributed by atoms with E-state index in [0.717, 1.165) is 6.42 Å². The van der Waals surface area contributed by atoms with Crippen molar-refractivity contribution in [2.75, 3.05) is 6.61 Å². The van der Waals surface area contributed by atoms with Crippen molar-refractivity contribution in [3.05, 3.63) is 0 Å². The SMILES string of the molecule is CC1(C)CC(CO)N1.O=C(O)C(=O)O. The molecule has 6 nitrogen and oxygen atoms in total. The molecule has 1 rings (SSSR count). The molecular formula is C8H15NO5. The zero-order valence-corrected chi connectivity index (χ0v) is 8.15. The van der Waals surface area contributed by atoms with Crippen molar-refractivity contribution in [2.45, 2.75) is 31.8 Å². The fourth-order valence-electron chi connectivity index (χ4n) is 1.26. The van der Waals surface area contributed by atoms with E-state index in [2.05, 4.69) is 19.2 Å². The number of nitrogens with one attached hydrogen (secondary N) is 1. The molecule has 1 heterocycles. The summed E-state index contributed by atoms with van der Waals surface area (Å²) in [5, 5.41) is 26.6. The van der Waals surface area contributed by atoms with Gasteiger partial charge in [-0.25, -0.2) is 9.59 Å². The van der Waals surface area contributed by atoms with Gasteiger partial charge in [-0.1, -0.05) is 0 Å². The molecule has 0 bridgehead atoms. The number of aliphatic hydroxyl groups is 1. The highest BCUT2D eigenvalue weighted by molar-refractivity contribution is 6.27. The Kier molecular flexibility index (Phi) is 4.52. The fraction of sp³-hybridized carbons (Fsp3) is 0.750. The van der Waals surface area contributed by atoms with Crippen LogP contribution in [0.4, 0.5) is 0 Å². The summed E-state index contributed by atoms with van der Waals surface area (Å²) in [4.78, 5) is 18.2. The standard InChI is InChI=1S/C6H13NO.C2H2O4/c1-6(2)3-5(4-8)7-6;3-1(4)2(5)6/h5,7-8H,3-4H2,1-2H3;(H,3,4)(H,5,6). The molecule has 1 atom stereocenters. The third-order valence-corrected chi connectivity index (χ3v) is 1.75. The second-order valence-corrected chi connectivity index (χ2v) is 3.72. The summed E-state index contributed by atoms with van der Waals surface area (Å²) in [5.41, 5.74) is 0.285. The maximum atomic E-state index is 9.10. The maximum Gasteiger partial charge on any atom is 0.414 e. The van der Waals surface area contributed by atoms with Crippen LogP contribution in [0.1, 0.15) is 20.3 Å². The van der Waals surface area contributed by atoms with Crippen molar-refractivity contribution in [3.63, 3.8) is 0 Å². The van der Waals surface area contributed by atoms with Crippen LogP contribution in [0.5, 0.6) is 0 Å². The number of hydrogen-bond acceptors (Lipinski definition) is 4. The quantitative estimate of drug-likeness (QED) is 0.421. The van der Waals surface area contributed by atoms with E-state index in [-0.39, 0.29) is 12.1 Å². The van der Waals surface area contributed by atoms with Crippen LogP contribution < -0.4 is 5.32 Å². The molecule has 0 amide bonds. The molecule has 0 aromatic rings. The van der Waals surface area contributed by atoms with E-state index in [4.69, 9.17) is 24.9 Å². The van der Waals surface area contributed by atoms with Crippen LogP contribution >= 0.6 is 0 Å². The summed E-state index contributed by atoms with van der Waals surface area (Å²) in [6.45, 7) is 4.56. The highest BCUT2D eigenvalue weighted by Gasteiger charge is 2.33. The van der Waals surface area contributed by atoms with Crippen molar-refractivity contribution in [1.82, 2.24) is 5.32 Å². The van der Waals surface area contributed by atoms with Gasteiger partial charge in [0.15, 0.2) is 0 Å². The summed E-state index contributed by atoms with van der Waals surface area (Å²) >= 11 is 0. The molecule has 14 heavy (non-hydrogen) atoms. The highest BCUT2D eigenvalue weighted by atomic mass is 16.4. The molecule has 0 aliphatic carbocycles. The van der Waals surface area contributed by atoms with E-state index in [1.54, 1.807) is 0 Å². The number of rotatable bonds is 1. The molecule has 0 aromatic carbocycles. The van der Waals surface area contributed by atoms with Gasteiger partial charge in [-0.05, 0) is 20.3 Å². The lowest BCUT2D eigenvalue weighted by Gasteiger charge is -2.43. The van der Waals surface area contributed by atoms with Gasteiger partial charge in [0.1, 0.15) is 0 Å². The first-order valence-electron chi connectivity index (χ1n) is 4.13. The van der Waals surface area contributed by atoms with Gasteiger partial charge >= 0.3 is 11.9 Å². The minimum Gasteiger partial charge on any atom is -0.473 e. The van der Waals surface area contributed by atoms with E-state index >= 15 is 0 Å². The summed E-state index contributed by atoms with van der Waals surface area (Å²) < 4.78 is 0. The van der Waals surface area contributed by atoms with Crippen LogP contribution in [-0.2, 0) is 9.59 Å². The lowest BCUT2D eigenvalue weighted by Crippen LogP contribution is -2.61. The fourth-order valence-corrected chi connectivity index (χ4v) is 1.26. The Morgan fingerprint density at radius 1 is 1.36 bits per heavy atom. The van der Waals surface area contributed by atoms with Crippen LogP contribution in [-0.4, -0.2) is 45.4 Å². The largest absolute Gasteiger partial charge is 0.473 e. The van der Waals surface area contributed by atoms with Crippen LogP contribution in [0, 0.1) is 0 Å². The minimum absolute atomic E-state index is 0.281. The molecule has 1 unspecified atom stereocenters. The van der Waals surface area contributed by atoms with Gasteiger partial charge in [0.25, 0.3) is 0 Å². The Morgan fingerprint density at radius 2 is 1.71 bits per heavy atom. The lowest BCUT2D eigenvalue weighted by molar-refractivity contribution is -0.159. The molecule has 1 fully saturated rings. The van der Waals surface area contributed by atoms with Crippen LogP contribution in [0.25, 0.3) is 0 Å². The molecular weight excluding hydrogens is 190 g/mol. The van der Waals surface area contributed by atoms with E-state index in [0.29, 0.717) is 6.04 Å². The second-order valence-electron chi connectivity index (χ2n) is 3.72. The first kappa shape index (κ1) is 12.9. The number of carboxylic acids is 2. The number of aliphatic carboxylic acids is 2.